The third-order valence-electron chi connectivity index (χ3n) is 3.34. The predicted molar refractivity (Wildman–Crippen MR) is 74.9 cm³/mol. The van der Waals surface area contributed by atoms with E-state index in [1.54, 1.807) is 0 Å². The van der Waals surface area contributed by atoms with Gasteiger partial charge in [-0.05, 0) is 19.1 Å². The van der Waals surface area contributed by atoms with Crippen molar-refractivity contribution in [1.82, 2.24) is 4.90 Å². The lowest BCUT2D eigenvalue weighted by atomic mass is 10.1. The summed E-state index contributed by atoms with van der Waals surface area (Å²) in [6.45, 7) is 3.40. The van der Waals surface area contributed by atoms with E-state index in [0.29, 0.717) is 6.42 Å². The van der Waals surface area contributed by atoms with Crippen molar-refractivity contribution in [2.45, 2.75) is 38.3 Å². The van der Waals surface area contributed by atoms with Gasteiger partial charge in [0.05, 0.1) is 0 Å². The van der Waals surface area contributed by atoms with Crippen LogP contribution in [0.3, 0.4) is 0 Å². The Morgan fingerprint density at radius 1 is 1.37 bits per heavy atom. The number of amides is 1. The first kappa shape index (κ1) is 13.9. The van der Waals surface area contributed by atoms with Gasteiger partial charge >= 0.3 is 0 Å². The Bertz CT molecular complexity index is 398. The number of para-hydroxylation sites is 1. The van der Waals surface area contributed by atoms with E-state index in [1.165, 1.54) is 0 Å². The smallest absolute Gasteiger partial charge is 0.224 e. The summed E-state index contributed by atoms with van der Waals surface area (Å²) in [6, 6.07) is 9.78. The standard InChI is InChI=1S/C15H22N2O2/c1-12(16)11-15(18)17-9-7-14(8-10-17)19-13-5-3-2-4-6-13/h2-6,12,14H,7-11,16H2,1H3/t12-/m0/s1. The second-order valence-corrected chi connectivity index (χ2v) is 5.19. The topological polar surface area (TPSA) is 55.6 Å². The van der Waals surface area contributed by atoms with Crippen molar-refractivity contribution >= 4 is 5.91 Å². The molecule has 0 radical (unpaired) electrons. The van der Waals surface area contributed by atoms with Gasteiger partial charge in [0.25, 0.3) is 0 Å². The van der Waals surface area contributed by atoms with Crippen LogP contribution in [0.5, 0.6) is 5.75 Å². The molecule has 0 bridgehead atoms. The molecule has 1 aromatic rings. The van der Waals surface area contributed by atoms with Gasteiger partial charge in [0.1, 0.15) is 11.9 Å². The molecule has 104 valence electrons. The molecule has 1 aliphatic rings. The number of nitrogens with two attached hydrogens (primary N) is 1. The molecule has 19 heavy (non-hydrogen) atoms. The number of benzene rings is 1. The van der Waals surface area contributed by atoms with Gasteiger partial charge in [0.2, 0.25) is 5.91 Å². The van der Waals surface area contributed by atoms with Crippen molar-refractivity contribution in [3.63, 3.8) is 0 Å². The molecule has 2 N–H and O–H groups in total. The molecule has 2 rings (SSSR count). The first-order valence-electron chi connectivity index (χ1n) is 6.90. The summed E-state index contributed by atoms with van der Waals surface area (Å²) in [5, 5.41) is 0. The minimum atomic E-state index is -0.0641. The highest BCUT2D eigenvalue weighted by molar-refractivity contribution is 5.76. The van der Waals surface area contributed by atoms with Crippen LogP contribution in [0.25, 0.3) is 0 Å². The number of carbonyl (C=O) groups excluding carboxylic acids is 1. The lowest BCUT2D eigenvalue weighted by molar-refractivity contribution is -0.133. The SMILES string of the molecule is C[C@H](N)CC(=O)N1CCC(Oc2ccccc2)CC1. The van der Waals surface area contributed by atoms with Crippen LogP contribution in [-0.4, -0.2) is 36.0 Å². The van der Waals surface area contributed by atoms with Crippen LogP contribution in [0.4, 0.5) is 0 Å². The lowest BCUT2D eigenvalue weighted by Gasteiger charge is -2.32. The average molecular weight is 262 g/mol. The van der Waals surface area contributed by atoms with Crippen LogP contribution in [-0.2, 0) is 4.79 Å². The Kier molecular flexibility index (Phi) is 4.80. The van der Waals surface area contributed by atoms with E-state index in [4.69, 9.17) is 10.5 Å². The first-order chi connectivity index (χ1) is 9.15. The molecule has 4 heteroatoms. The fourth-order valence-electron chi connectivity index (χ4n) is 2.32. The van der Waals surface area contributed by atoms with Gasteiger partial charge in [-0.2, -0.15) is 0 Å². The fourth-order valence-corrected chi connectivity index (χ4v) is 2.32. The van der Waals surface area contributed by atoms with E-state index in [1.807, 2.05) is 42.2 Å². The molecule has 1 aliphatic heterocycles. The predicted octanol–water partition coefficient (Wildman–Crippen LogP) is 1.79. The molecule has 1 heterocycles. The van der Waals surface area contributed by atoms with Crippen molar-refractivity contribution in [2.24, 2.45) is 5.73 Å². The van der Waals surface area contributed by atoms with Crippen LogP contribution in [0.2, 0.25) is 0 Å². The van der Waals surface area contributed by atoms with E-state index in [9.17, 15) is 4.79 Å². The summed E-state index contributed by atoms with van der Waals surface area (Å²) in [4.78, 5) is 13.8. The normalized spacial score (nSPS) is 18.1. The number of piperidine rings is 1. The van der Waals surface area contributed by atoms with Crippen LogP contribution >= 0.6 is 0 Å². The summed E-state index contributed by atoms with van der Waals surface area (Å²) in [7, 11) is 0. The van der Waals surface area contributed by atoms with Crippen molar-refractivity contribution in [3.05, 3.63) is 30.3 Å². The summed E-state index contributed by atoms with van der Waals surface area (Å²) in [6.07, 6.45) is 2.42. The second kappa shape index (κ2) is 6.57. The fraction of sp³-hybridized carbons (Fsp3) is 0.533. The Morgan fingerprint density at radius 3 is 2.58 bits per heavy atom. The van der Waals surface area contributed by atoms with E-state index in [0.717, 1.165) is 31.7 Å². The molecule has 1 saturated heterocycles. The number of likely N-dealkylation sites (tertiary alicyclic amines) is 1. The third kappa shape index (κ3) is 4.24. The molecule has 4 nitrogen and oxygen atoms in total. The van der Waals surface area contributed by atoms with Gasteiger partial charge in [-0.15, -0.1) is 0 Å². The molecular formula is C15H22N2O2. The van der Waals surface area contributed by atoms with Crippen molar-refractivity contribution in [2.75, 3.05) is 13.1 Å². The molecule has 0 spiro atoms. The maximum Gasteiger partial charge on any atom is 0.224 e. The zero-order chi connectivity index (χ0) is 13.7. The molecular weight excluding hydrogens is 240 g/mol. The molecule has 1 amide bonds. The molecule has 0 aromatic heterocycles. The number of hydrogen-bond acceptors (Lipinski definition) is 3. The van der Waals surface area contributed by atoms with E-state index in [2.05, 4.69) is 0 Å². The van der Waals surface area contributed by atoms with E-state index < -0.39 is 0 Å². The molecule has 0 aliphatic carbocycles. The van der Waals surface area contributed by atoms with Gasteiger partial charge in [0.15, 0.2) is 0 Å². The van der Waals surface area contributed by atoms with Crippen LogP contribution < -0.4 is 10.5 Å². The Labute approximate surface area is 114 Å². The highest BCUT2D eigenvalue weighted by Gasteiger charge is 2.24. The maximum atomic E-state index is 11.9. The largest absolute Gasteiger partial charge is 0.490 e. The zero-order valence-corrected chi connectivity index (χ0v) is 11.4. The van der Waals surface area contributed by atoms with Crippen molar-refractivity contribution < 1.29 is 9.53 Å². The summed E-state index contributed by atoms with van der Waals surface area (Å²) in [5.41, 5.74) is 5.66. The van der Waals surface area contributed by atoms with Crippen LogP contribution in [0.15, 0.2) is 30.3 Å². The number of hydrogen-bond donors (Lipinski definition) is 1. The van der Waals surface area contributed by atoms with Crippen LogP contribution in [0.1, 0.15) is 26.2 Å². The highest BCUT2D eigenvalue weighted by Crippen LogP contribution is 2.19. The second-order valence-electron chi connectivity index (χ2n) is 5.19. The van der Waals surface area contributed by atoms with E-state index >= 15 is 0 Å². The summed E-state index contributed by atoms with van der Waals surface area (Å²) >= 11 is 0. The minimum absolute atomic E-state index is 0.0641. The quantitative estimate of drug-likeness (QED) is 0.900. The minimum Gasteiger partial charge on any atom is -0.490 e. The van der Waals surface area contributed by atoms with Crippen molar-refractivity contribution in [3.8, 4) is 5.75 Å². The van der Waals surface area contributed by atoms with Gasteiger partial charge in [0, 0.05) is 38.4 Å². The third-order valence-corrected chi connectivity index (χ3v) is 3.34. The van der Waals surface area contributed by atoms with Gasteiger partial charge < -0.3 is 15.4 Å². The maximum absolute atomic E-state index is 11.9. The molecule has 1 atom stereocenters. The summed E-state index contributed by atoms with van der Waals surface area (Å²) < 4.78 is 5.90. The molecule has 0 unspecified atom stereocenters. The number of rotatable bonds is 4. The Balaban J connectivity index is 1.78. The number of nitrogens with zero attached hydrogens (tertiary/aromatic N) is 1. The number of ether oxygens (including phenoxy) is 1. The summed E-state index contributed by atoms with van der Waals surface area (Å²) in [5.74, 6) is 1.07. The molecule has 1 fully saturated rings. The van der Waals surface area contributed by atoms with Gasteiger partial charge in [-0.1, -0.05) is 18.2 Å². The first-order valence-corrected chi connectivity index (χ1v) is 6.90. The highest BCUT2D eigenvalue weighted by atomic mass is 16.5. The average Bonchev–Trinajstić information content (AvgIpc) is 2.40. The van der Waals surface area contributed by atoms with Gasteiger partial charge in [-0.25, -0.2) is 0 Å². The lowest BCUT2D eigenvalue weighted by Crippen LogP contribution is -2.43. The molecule has 0 saturated carbocycles. The van der Waals surface area contributed by atoms with Crippen molar-refractivity contribution in [1.29, 1.82) is 0 Å². The Hall–Kier alpha value is -1.55. The zero-order valence-electron chi connectivity index (χ0n) is 11.4. The van der Waals surface area contributed by atoms with Crippen LogP contribution in [0, 0.1) is 0 Å². The Morgan fingerprint density at radius 2 is 2.00 bits per heavy atom. The number of carbonyl (C=O) groups is 1. The molecule has 1 aromatic carbocycles. The van der Waals surface area contributed by atoms with E-state index in [-0.39, 0.29) is 18.1 Å². The monoisotopic (exact) mass is 262 g/mol. The van der Waals surface area contributed by atoms with Gasteiger partial charge in [-0.3, -0.25) is 4.79 Å².